The van der Waals surface area contributed by atoms with Gasteiger partial charge in [-0.15, -0.1) is 6.58 Å². The maximum atomic E-state index is 6.08. The van der Waals surface area contributed by atoms with Crippen molar-refractivity contribution in [3.63, 3.8) is 0 Å². The van der Waals surface area contributed by atoms with E-state index in [0.29, 0.717) is 11.8 Å². The Morgan fingerprint density at radius 3 is 2.00 bits per heavy atom. The fraction of sp³-hybridized carbons (Fsp3) is 0.800. The Balaban J connectivity index is 1.95. The summed E-state index contributed by atoms with van der Waals surface area (Å²) in [5.74, 6) is 2.94. The molecule has 0 unspecified atom stereocenters. The van der Waals surface area contributed by atoms with Gasteiger partial charge in [-0.05, 0) is 57.8 Å². The van der Waals surface area contributed by atoms with Crippen molar-refractivity contribution < 1.29 is 9.31 Å². The molecule has 0 bridgehead atoms. The van der Waals surface area contributed by atoms with Gasteiger partial charge in [-0.3, -0.25) is 0 Å². The van der Waals surface area contributed by atoms with Crippen LogP contribution < -0.4 is 0 Å². The average molecular weight is 318 g/mol. The van der Waals surface area contributed by atoms with E-state index in [1.807, 2.05) is 0 Å². The van der Waals surface area contributed by atoms with Gasteiger partial charge in [0.1, 0.15) is 0 Å². The predicted octanol–water partition coefficient (Wildman–Crippen LogP) is 5.51. The fourth-order valence-corrected chi connectivity index (χ4v) is 4.43. The van der Waals surface area contributed by atoms with Gasteiger partial charge in [-0.2, -0.15) is 0 Å². The van der Waals surface area contributed by atoms with Crippen molar-refractivity contribution in [3.8, 4) is 0 Å². The second kappa shape index (κ2) is 7.15. The largest absolute Gasteiger partial charge is 0.461 e. The molecule has 2 nitrogen and oxygen atoms in total. The van der Waals surface area contributed by atoms with Crippen LogP contribution in [0.2, 0.25) is 6.32 Å². The first-order valence-electron chi connectivity index (χ1n) is 9.40. The van der Waals surface area contributed by atoms with Crippen LogP contribution in [0.15, 0.2) is 24.8 Å². The molecule has 1 heterocycles. The van der Waals surface area contributed by atoms with Gasteiger partial charge in [0.05, 0.1) is 11.2 Å². The normalized spacial score (nSPS) is 36.0. The van der Waals surface area contributed by atoms with Crippen LogP contribution in [0.4, 0.5) is 0 Å². The van der Waals surface area contributed by atoms with E-state index in [1.165, 1.54) is 19.3 Å². The first-order valence-corrected chi connectivity index (χ1v) is 9.40. The molecule has 1 aliphatic heterocycles. The van der Waals surface area contributed by atoms with Gasteiger partial charge in [0, 0.05) is 6.32 Å². The molecule has 1 aliphatic carbocycles. The molecule has 130 valence electrons. The van der Waals surface area contributed by atoms with Gasteiger partial charge in [0.2, 0.25) is 0 Å². The zero-order chi connectivity index (χ0) is 17.3. The zero-order valence-corrected chi connectivity index (χ0v) is 16.0. The molecule has 0 aromatic rings. The van der Waals surface area contributed by atoms with Gasteiger partial charge in [0.25, 0.3) is 0 Å². The summed E-state index contributed by atoms with van der Waals surface area (Å²) in [6.45, 7) is 17.2. The second-order valence-corrected chi connectivity index (χ2v) is 8.29. The van der Waals surface area contributed by atoms with Crippen LogP contribution >= 0.6 is 0 Å². The SMILES string of the molecule is C=C[C@H]1C[C@@H](/C=C\CB2OC(C)(C)C(C)(C)O2)[C@@H](CC)[C@H]1CC. The third kappa shape index (κ3) is 3.77. The highest BCUT2D eigenvalue weighted by atomic mass is 16.7. The molecule has 0 amide bonds. The van der Waals surface area contributed by atoms with Crippen LogP contribution in [-0.4, -0.2) is 18.3 Å². The van der Waals surface area contributed by atoms with Gasteiger partial charge < -0.3 is 9.31 Å². The lowest BCUT2D eigenvalue weighted by atomic mass is 9.81. The molecule has 1 saturated carbocycles. The Labute approximate surface area is 143 Å². The number of hydrogen-bond donors (Lipinski definition) is 0. The van der Waals surface area contributed by atoms with Crippen molar-refractivity contribution in [3.05, 3.63) is 24.8 Å². The summed E-state index contributed by atoms with van der Waals surface area (Å²) in [6, 6.07) is 0. The highest BCUT2D eigenvalue weighted by Crippen LogP contribution is 2.46. The summed E-state index contributed by atoms with van der Waals surface area (Å²) in [7, 11) is -0.116. The maximum absolute atomic E-state index is 6.08. The van der Waals surface area contributed by atoms with Crippen LogP contribution in [0.1, 0.15) is 60.8 Å². The molecule has 2 aliphatic rings. The van der Waals surface area contributed by atoms with E-state index >= 15 is 0 Å². The van der Waals surface area contributed by atoms with E-state index in [4.69, 9.17) is 9.31 Å². The molecule has 2 rings (SSSR count). The third-order valence-electron chi connectivity index (χ3n) is 6.45. The zero-order valence-electron chi connectivity index (χ0n) is 16.0. The fourth-order valence-electron chi connectivity index (χ4n) is 4.43. The molecule has 0 aromatic heterocycles. The summed E-state index contributed by atoms with van der Waals surface area (Å²) < 4.78 is 12.2. The monoisotopic (exact) mass is 318 g/mol. The van der Waals surface area contributed by atoms with Crippen LogP contribution in [0.3, 0.4) is 0 Å². The minimum Gasteiger partial charge on any atom is -0.403 e. The molecule has 4 atom stereocenters. The van der Waals surface area contributed by atoms with Gasteiger partial charge in [-0.1, -0.05) is 44.9 Å². The van der Waals surface area contributed by atoms with Crippen molar-refractivity contribution in [2.75, 3.05) is 0 Å². The summed E-state index contributed by atoms with van der Waals surface area (Å²) >= 11 is 0. The molecule has 1 saturated heterocycles. The molecule has 0 N–H and O–H groups in total. The average Bonchev–Trinajstić information content (AvgIpc) is 2.92. The van der Waals surface area contributed by atoms with Gasteiger partial charge in [0.15, 0.2) is 0 Å². The van der Waals surface area contributed by atoms with Crippen LogP contribution in [0, 0.1) is 23.7 Å². The maximum Gasteiger partial charge on any atom is 0.461 e. The Hall–Kier alpha value is -0.535. The standard InChI is InChI=1S/C20H35BO2/c1-8-15-14-16(18(10-3)17(15)9-2)12-11-13-21-22-19(4,5)20(6,7)23-21/h8,11-12,15-18H,1,9-10,13-14H2,2-7H3/b12-11-/t15-,16+,17-,18+/m0/s1. The molecule has 23 heavy (non-hydrogen) atoms. The lowest BCUT2D eigenvalue weighted by Gasteiger charge is -2.32. The van der Waals surface area contributed by atoms with E-state index in [-0.39, 0.29) is 18.3 Å². The van der Waals surface area contributed by atoms with E-state index in [9.17, 15) is 0 Å². The van der Waals surface area contributed by atoms with Crippen molar-refractivity contribution in [2.45, 2.75) is 78.3 Å². The van der Waals surface area contributed by atoms with Crippen LogP contribution in [-0.2, 0) is 9.31 Å². The molecule has 0 radical (unpaired) electrons. The summed E-state index contributed by atoms with van der Waals surface area (Å²) in [5, 5.41) is 0. The van der Waals surface area contributed by atoms with Crippen molar-refractivity contribution in [2.24, 2.45) is 23.7 Å². The Kier molecular flexibility index (Phi) is 5.84. The molecular weight excluding hydrogens is 283 g/mol. The Morgan fingerprint density at radius 2 is 1.52 bits per heavy atom. The molecule has 3 heteroatoms. The molecule has 0 aromatic carbocycles. The first kappa shape index (κ1) is 18.8. The summed E-state index contributed by atoms with van der Waals surface area (Å²) in [5.41, 5.74) is -0.460. The highest BCUT2D eigenvalue weighted by Gasteiger charge is 2.50. The number of hydrogen-bond acceptors (Lipinski definition) is 2. The molecular formula is C20H35BO2. The summed E-state index contributed by atoms with van der Waals surface area (Å²) in [4.78, 5) is 0. The minimum absolute atomic E-state index is 0.116. The highest BCUT2D eigenvalue weighted by molar-refractivity contribution is 6.46. The predicted molar refractivity (Wildman–Crippen MR) is 99.4 cm³/mol. The van der Waals surface area contributed by atoms with Crippen molar-refractivity contribution >= 4 is 7.12 Å². The van der Waals surface area contributed by atoms with Crippen LogP contribution in [0.5, 0.6) is 0 Å². The smallest absolute Gasteiger partial charge is 0.403 e. The van der Waals surface area contributed by atoms with E-state index in [0.717, 1.165) is 18.2 Å². The Bertz CT molecular complexity index is 425. The number of allylic oxidation sites excluding steroid dienone is 3. The van der Waals surface area contributed by atoms with E-state index < -0.39 is 0 Å². The second-order valence-electron chi connectivity index (χ2n) is 8.29. The van der Waals surface area contributed by atoms with Crippen molar-refractivity contribution in [1.82, 2.24) is 0 Å². The quantitative estimate of drug-likeness (QED) is 0.475. The van der Waals surface area contributed by atoms with E-state index in [1.54, 1.807) is 0 Å². The molecule has 0 spiro atoms. The lowest BCUT2D eigenvalue weighted by Crippen LogP contribution is -2.41. The van der Waals surface area contributed by atoms with Gasteiger partial charge in [-0.25, -0.2) is 0 Å². The number of rotatable bonds is 6. The lowest BCUT2D eigenvalue weighted by molar-refractivity contribution is 0.00578. The van der Waals surface area contributed by atoms with Crippen LogP contribution in [0.25, 0.3) is 0 Å². The molecule has 2 fully saturated rings. The topological polar surface area (TPSA) is 18.5 Å². The summed E-state index contributed by atoms with van der Waals surface area (Å²) in [6.07, 6.45) is 11.5. The van der Waals surface area contributed by atoms with Crippen molar-refractivity contribution in [1.29, 1.82) is 0 Å². The Morgan fingerprint density at radius 1 is 1.00 bits per heavy atom. The van der Waals surface area contributed by atoms with Gasteiger partial charge >= 0.3 is 7.12 Å². The minimum atomic E-state index is -0.230. The van der Waals surface area contributed by atoms with E-state index in [2.05, 4.69) is 66.3 Å². The first-order chi connectivity index (χ1) is 10.8. The third-order valence-corrected chi connectivity index (χ3v) is 6.45.